The van der Waals surface area contributed by atoms with Crippen molar-refractivity contribution in [1.29, 1.82) is 0 Å². The number of alkyl halides is 2. The van der Waals surface area contributed by atoms with Crippen LogP contribution in [-0.4, -0.2) is 36.2 Å². The van der Waals surface area contributed by atoms with E-state index in [0.717, 1.165) is 0 Å². The van der Waals surface area contributed by atoms with Crippen LogP contribution in [0.25, 0.3) is 0 Å². The second kappa shape index (κ2) is 6.76. The molecule has 1 rings (SSSR count). The van der Waals surface area contributed by atoms with E-state index in [9.17, 15) is 8.78 Å². The molecule has 0 aliphatic rings. The topological polar surface area (TPSA) is 111 Å². The lowest BCUT2D eigenvalue weighted by molar-refractivity contribution is 0.0215. The Labute approximate surface area is 96.5 Å². The van der Waals surface area contributed by atoms with E-state index in [0.29, 0.717) is 18.2 Å². The Morgan fingerprint density at radius 2 is 2.06 bits per heavy atom. The van der Waals surface area contributed by atoms with Crippen LogP contribution in [0.5, 0.6) is 0 Å². The highest BCUT2D eigenvalue weighted by Crippen LogP contribution is 2.10. The van der Waals surface area contributed by atoms with E-state index < -0.39 is 13.0 Å². The predicted octanol–water partition coefficient (Wildman–Crippen LogP) is 0.0380. The minimum Gasteiger partial charge on any atom is -0.374 e. The molecule has 0 saturated carbocycles. The van der Waals surface area contributed by atoms with Gasteiger partial charge in [-0.05, 0) is 0 Å². The Kier molecular flexibility index (Phi) is 5.30. The summed E-state index contributed by atoms with van der Waals surface area (Å²) in [5.41, 5.74) is 7.74. The zero-order valence-electron chi connectivity index (χ0n) is 8.99. The fourth-order valence-electron chi connectivity index (χ4n) is 1.05. The van der Waals surface area contributed by atoms with Gasteiger partial charge in [-0.25, -0.2) is 14.6 Å². The maximum absolute atomic E-state index is 11.7. The summed E-state index contributed by atoms with van der Waals surface area (Å²) in [6, 6.07) is 1.53. The highest BCUT2D eigenvalue weighted by molar-refractivity contribution is 5.50. The number of hydrogen-bond donors (Lipinski definition) is 4. The molecule has 0 aromatic carbocycles. The van der Waals surface area contributed by atoms with Crippen LogP contribution in [0.2, 0.25) is 0 Å². The van der Waals surface area contributed by atoms with Crippen molar-refractivity contribution in [3.8, 4) is 0 Å². The second-order valence-corrected chi connectivity index (χ2v) is 3.03. The standard InChI is InChI=1S/C8H14F2N6O/c9-5(10)4-17-2-1-13-6-3-7(16-12)15-8(11)14-6/h3,5H,1-2,4,12H2,(H4,11,13,14,15,16). The molecule has 7 nitrogen and oxygen atoms in total. The molecule has 0 aliphatic heterocycles. The van der Waals surface area contributed by atoms with Crippen LogP contribution in [0.4, 0.5) is 26.4 Å². The number of ether oxygens (including phenoxy) is 1. The van der Waals surface area contributed by atoms with Gasteiger partial charge < -0.3 is 21.2 Å². The summed E-state index contributed by atoms with van der Waals surface area (Å²) >= 11 is 0. The third kappa shape index (κ3) is 5.22. The number of nitrogens with two attached hydrogens (primary N) is 2. The van der Waals surface area contributed by atoms with Gasteiger partial charge in [0.15, 0.2) is 0 Å². The summed E-state index contributed by atoms with van der Waals surface area (Å²) in [5, 5.41) is 2.84. The summed E-state index contributed by atoms with van der Waals surface area (Å²) < 4.78 is 28.1. The van der Waals surface area contributed by atoms with Crippen molar-refractivity contribution in [2.24, 2.45) is 5.84 Å². The van der Waals surface area contributed by atoms with Gasteiger partial charge >= 0.3 is 0 Å². The lowest BCUT2D eigenvalue weighted by atomic mass is 10.5. The molecule has 1 aromatic heterocycles. The molecule has 0 bridgehead atoms. The highest BCUT2D eigenvalue weighted by Gasteiger charge is 2.02. The zero-order valence-corrected chi connectivity index (χ0v) is 8.99. The molecule has 0 unspecified atom stereocenters. The molecule has 9 heteroatoms. The van der Waals surface area contributed by atoms with Crippen LogP contribution in [0.15, 0.2) is 6.07 Å². The first kappa shape index (κ1) is 13.3. The van der Waals surface area contributed by atoms with Crippen molar-refractivity contribution in [2.45, 2.75) is 6.43 Å². The van der Waals surface area contributed by atoms with Crippen LogP contribution < -0.4 is 22.3 Å². The normalized spacial score (nSPS) is 10.6. The van der Waals surface area contributed by atoms with E-state index in [4.69, 9.17) is 11.6 Å². The lowest BCUT2D eigenvalue weighted by Gasteiger charge is -2.08. The number of anilines is 3. The first-order valence-corrected chi connectivity index (χ1v) is 4.82. The van der Waals surface area contributed by atoms with Crippen molar-refractivity contribution >= 4 is 17.6 Å². The van der Waals surface area contributed by atoms with Crippen LogP contribution in [0.1, 0.15) is 0 Å². The molecule has 1 heterocycles. The lowest BCUT2D eigenvalue weighted by Crippen LogP contribution is -2.15. The molecule has 0 aliphatic carbocycles. The predicted molar refractivity (Wildman–Crippen MR) is 59.6 cm³/mol. The summed E-state index contributed by atoms with van der Waals surface area (Å²) in [4.78, 5) is 7.65. The minimum atomic E-state index is -2.46. The summed E-state index contributed by atoms with van der Waals surface area (Å²) in [6.07, 6.45) is -2.46. The van der Waals surface area contributed by atoms with Gasteiger partial charge in [0.05, 0.1) is 6.61 Å². The van der Waals surface area contributed by atoms with E-state index in [1.54, 1.807) is 0 Å². The van der Waals surface area contributed by atoms with E-state index in [1.807, 2.05) is 0 Å². The van der Waals surface area contributed by atoms with Gasteiger partial charge in [0.25, 0.3) is 6.43 Å². The Balaban J connectivity index is 2.33. The summed E-state index contributed by atoms with van der Waals surface area (Å²) in [7, 11) is 0. The molecule has 6 N–H and O–H groups in total. The van der Waals surface area contributed by atoms with Crippen LogP contribution >= 0.6 is 0 Å². The fourth-order valence-corrected chi connectivity index (χ4v) is 1.05. The number of nitrogens with zero attached hydrogens (tertiary/aromatic N) is 2. The molecule has 96 valence electrons. The van der Waals surface area contributed by atoms with Crippen molar-refractivity contribution in [1.82, 2.24) is 9.97 Å². The molecular weight excluding hydrogens is 234 g/mol. The number of rotatable bonds is 7. The maximum Gasteiger partial charge on any atom is 0.261 e. The van der Waals surface area contributed by atoms with E-state index in [-0.39, 0.29) is 12.6 Å². The fraction of sp³-hybridized carbons (Fsp3) is 0.500. The van der Waals surface area contributed by atoms with Crippen molar-refractivity contribution in [3.63, 3.8) is 0 Å². The van der Waals surface area contributed by atoms with Crippen LogP contribution in [0, 0.1) is 0 Å². The number of hydrazine groups is 1. The Bertz CT molecular complexity index is 351. The van der Waals surface area contributed by atoms with Crippen molar-refractivity contribution < 1.29 is 13.5 Å². The molecule has 0 atom stereocenters. The molecule has 17 heavy (non-hydrogen) atoms. The third-order valence-electron chi connectivity index (χ3n) is 1.69. The van der Waals surface area contributed by atoms with Gasteiger partial charge in [0, 0.05) is 12.6 Å². The quantitative estimate of drug-likeness (QED) is 0.306. The minimum absolute atomic E-state index is 0.0523. The van der Waals surface area contributed by atoms with Gasteiger partial charge in [-0.15, -0.1) is 0 Å². The molecular formula is C8H14F2N6O. The number of nitrogen functional groups attached to an aromatic ring is 2. The zero-order chi connectivity index (χ0) is 12.7. The van der Waals surface area contributed by atoms with Gasteiger partial charge in [-0.1, -0.05) is 0 Å². The van der Waals surface area contributed by atoms with E-state index >= 15 is 0 Å². The Morgan fingerprint density at radius 1 is 1.35 bits per heavy atom. The molecule has 1 aromatic rings. The smallest absolute Gasteiger partial charge is 0.261 e. The third-order valence-corrected chi connectivity index (χ3v) is 1.69. The van der Waals surface area contributed by atoms with E-state index in [1.165, 1.54) is 6.07 Å². The molecule has 0 spiro atoms. The number of aromatic nitrogens is 2. The maximum atomic E-state index is 11.7. The number of hydrogen-bond acceptors (Lipinski definition) is 7. The second-order valence-electron chi connectivity index (χ2n) is 3.03. The van der Waals surface area contributed by atoms with E-state index in [2.05, 4.69) is 25.4 Å². The number of nitrogens with one attached hydrogen (secondary N) is 2. The van der Waals surface area contributed by atoms with Gasteiger partial charge in [-0.2, -0.15) is 9.97 Å². The molecule has 0 fully saturated rings. The molecule has 0 amide bonds. The summed E-state index contributed by atoms with van der Waals surface area (Å²) in [6.45, 7) is -0.115. The van der Waals surface area contributed by atoms with Gasteiger partial charge in [0.1, 0.15) is 18.2 Å². The Morgan fingerprint density at radius 3 is 2.71 bits per heavy atom. The van der Waals surface area contributed by atoms with Gasteiger partial charge in [0.2, 0.25) is 5.95 Å². The SMILES string of the molecule is NNc1cc(NCCOCC(F)F)nc(N)n1. The van der Waals surface area contributed by atoms with Crippen molar-refractivity contribution in [3.05, 3.63) is 6.07 Å². The first-order chi connectivity index (χ1) is 8.11. The molecule has 0 radical (unpaired) electrons. The Hall–Kier alpha value is -1.74. The summed E-state index contributed by atoms with van der Waals surface area (Å²) in [5.74, 6) is 6.01. The number of halogens is 2. The first-order valence-electron chi connectivity index (χ1n) is 4.82. The highest BCUT2D eigenvalue weighted by atomic mass is 19.3. The monoisotopic (exact) mass is 248 g/mol. The van der Waals surface area contributed by atoms with Crippen molar-refractivity contribution in [2.75, 3.05) is 36.2 Å². The average Bonchev–Trinajstić information content (AvgIpc) is 2.27. The van der Waals surface area contributed by atoms with Crippen LogP contribution in [-0.2, 0) is 4.74 Å². The largest absolute Gasteiger partial charge is 0.374 e. The van der Waals surface area contributed by atoms with Crippen LogP contribution in [0.3, 0.4) is 0 Å². The van der Waals surface area contributed by atoms with Gasteiger partial charge in [-0.3, -0.25) is 0 Å². The molecule has 0 saturated heterocycles. The average molecular weight is 248 g/mol.